The number of ether oxygens (including phenoxy) is 4. The molecule has 0 aliphatic carbocycles. The van der Waals surface area contributed by atoms with Crippen molar-refractivity contribution in [3.63, 3.8) is 0 Å². The summed E-state index contributed by atoms with van der Waals surface area (Å²) in [5.41, 5.74) is -2.84. The van der Waals surface area contributed by atoms with Crippen molar-refractivity contribution in [2.45, 2.75) is 64.9 Å². The predicted octanol–water partition coefficient (Wildman–Crippen LogP) is 0.0329. The van der Waals surface area contributed by atoms with Crippen LogP contribution in [0, 0.1) is 11.3 Å². The maximum Gasteiger partial charge on any atom is 0.366 e. The third-order valence-corrected chi connectivity index (χ3v) is 7.87. The van der Waals surface area contributed by atoms with Gasteiger partial charge in [-0.2, -0.15) is 15.0 Å². The Morgan fingerprint density at radius 2 is 1.67 bits per heavy atom. The summed E-state index contributed by atoms with van der Waals surface area (Å²) >= 11 is 0. The van der Waals surface area contributed by atoms with Crippen LogP contribution in [0.25, 0.3) is 11.0 Å². The van der Waals surface area contributed by atoms with Crippen LogP contribution in [0.4, 0.5) is 0 Å². The Morgan fingerprint density at radius 1 is 1.07 bits per heavy atom. The molecule has 0 bridgehead atoms. The van der Waals surface area contributed by atoms with Gasteiger partial charge in [-0.05, 0) is 13.8 Å². The SMILES string of the molecule is CCOP(=O)(OCC)C(C(=O)O)n1nc(C#N)c2nnn(C3OC(COC(C)=O)C(OC(C)=O)C3OC(C)=O)c(=O)c21. The Kier molecular flexibility index (Phi) is 10.1. The van der Waals surface area contributed by atoms with E-state index < -0.39 is 90.7 Å². The van der Waals surface area contributed by atoms with Gasteiger partial charge in [-0.15, -0.1) is 5.10 Å². The minimum atomic E-state index is -4.57. The minimum absolute atomic E-state index is 0.239. The van der Waals surface area contributed by atoms with Gasteiger partial charge in [-0.1, -0.05) is 5.21 Å². The van der Waals surface area contributed by atoms with Gasteiger partial charge in [-0.3, -0.25) is 23.7 Å². The molecule has 42 heavy (non-hydrogen) atoms. The number of hydrogen-bond acceptors (Lipinski definition) is 16. The number of aliphatic carboxylic acids is 1. The molecule has 1 aliphatic heterocycles. The molecule has 0 spiro atoms. The van der Waals surface area contributed by atoms with Crippen molar-refractivity contribution >= 4 is 42.5 Å². The fourth-order valence-electron chi connectivity index (χ4n) is 4.18. The average Bonchev–Trinajstić information content (AvgIpc) is 3.41. The minimum Gasteiger partial charge on any atom is -0.479 e. The molecule has 5 unspecified atom stereocenters. The predicted molar refractivity (Wildman–Crippen MR) is 133 cm³/mol. The first kappa shape index (κ1) is 32.3. The van der Waals surface area contributed by atoms with Gasteiger partial charge in [0, 0.05) is 20.8 Å². The molecular weight excluding hydrogens is 587 g/mol. The highest BCUT2D eigenvalue weighted by Crippen LogP contribution is 2.59. The van der Waals surface area contributed by atoms with Crippen LogP contribution in [0.5, 0.6) is 0 Å². The molecule has 1 saturated heterocycles. The lowest BCUT2D eigenvalue weighted by Gasteiger charge is -2.24. The topological polar surface area (TPSA) is 250 Å². The van der Waals surface area contributed by atoms with Crippen LogP contribution >= 0.6 is 7.60 Å². The number of esters is 3. The largest absolute Gasteiger partial charge is 0.479 e. The summed E-state index contributed by atoms with van der Waals surface area (Å²) in [5.74, 6) is -6.44. The highest BCUT2D eigenvalue weighted by Gasteiger charge is 2.52. The van der Waals surface area contributed by atoms with Crippen LogP contribution in [-0.4, -0.2) is 91.9 Å². The van der Waals surface area contributed by atoms with Crippen molar-refractivity contribution in [2.75, 3.05) is 19.8 Å². The molecule has 1 fully saturated rings. The molecule has 0 aromatic carbocycles. The van der Waals surface area contributed by atoms with Crippen LogP contribution in [0.3, 0.4) is 0 Å². The van der Waals surface area contributed by atoms with E-state index in [-0.39, 0.29) is 13.2 Å². The van der Waals surface area contributed by atoms with Gasteiger partial charge in [0.15, 0.2) is 35.2 Å². The maximum atomic E-state index is 13.9. The molecule has 2 aromatic rings. The molecule has 2 aromatic heterocycles. The van der Waals surface area contributed by atoms with Gasteiger partial charge in [0.05, 0.1) is 13.2 Å². The lowest BCUT2D eigenvalue weighted by atomic mass is 10.1. The second-order valence-corrected chi connectivity index (χ2v) is 10.6. The molecule has 0 saturated carbocycles. The van der Waals surface area contributed by atoms with Gasteiger partial charge in [0.1, 0.15) is 18.8 Å². The quantitative estimate of drug-likeness (QED) is 0.188. The Balaban J connectivity index is 2.28. The van der Waals surface area contributed by atoms with Gasteiger partial charge in [-0.25, -0.2) is 9.48 Å². The Hall–Kier alpha value is -4.24. The van der Waals surface area contributed by atoms with E-state index in [0.29, 0.717) is 9.36 Å². The number of nitriles is 1. The summed E-state index contributed by atoms with van der Waals surface area (Å²) in [6.07, 6.45) is -5.89. The van der Waals surface area contributed by atoms with Crippen molar-refractivity contribution in [2.24, 2.45) is 0 Å². The van der Waals surface area contributed by atoms with Crippen LogP contribution < -0.4 is 5.56 Å². The van der Waals surface area contributed by atoms with Crippen molar-refractivity contribution < 1.29 is 56.8 Å². The van der Waals surface area contributed by atoms with Gasteiger partial charge >= 0.3 is 31.5 Å². The number of carbonyl (C=O) groups excluding carboxylic acids is 3. The van der Waals surface area contributed by atoms with E-state index in [1.807, 2.05) is 0 Å². The zero-order valence-electron chi connectivity index (χ0n) is 23.0. The van der Waals surface area contributed by atoms with E-state index in [2.05, 4.69) is 15.4 Å². The molecule has 1 N–H and O–H groups in total. The number of carboxylic acid groups (broad SMARTS) is 1. The first-order valence-electron chi connectivity index (χ1n) is 12.3. The highest BCUT2D eigenvalue weighted by atomic mass is 31.2. The number of nitrogens with zero attached hydrogens (tertiary/aromatic N) is 6. The first-order valence-corrected chi connectivity index (χ1v) is 13.9. The number of hydrogen-bond donors (Lipinski definition) is 1. The summed E-state index contributed by atoms with van der Waals surface area (Å²) in [6.45, 7) is 5.10. The molecule has 3 rings (SSSR count). The molecular formula is C22H27N6O13P. The van der Waals surface area contributed by atoms with Crippen LogP contribution in [0.15, 0.2) is 4.79 Å². The Labute approximate surface area is 236 Å². The third kappa shape index (κ3) is 6.46. The maximum absolute atomic E-state index is 13.9. The fourth-order valence-corrected chi connectivity index (χ4v) is 5.96. The van der Waals surface area contributed by atoms with Gasteiger partial charge in [0.2, 0.25) is 0 Å². The van der Waals surface area contributed by atoms with Gasteiger partial charge < -0.3 is 33.1 Å². The van der Waals surface area contributed by atoms with Crippen molar-refractivity contribution in [1.82, 2.24) is 24.8 Å². The molecule has 1 aliphatic rings. The molecule has 228 valence electrons. The molecule has 0 radical (unpaired) electrons. The molecule has 0 amide bonds. The highest BCUT2D eigenvalue weighted by molar-refractivity contribution is 7.55. The van der Waals surface area contributed by atoms with Crippen LogP contribution in [-0.2, 0) is 51.7 Å². The Morgan fingerprint density at radius 3 is 2.17 bits per heavy atom. The van der Waals surface area contributed by atoms with Crippen LogP contribution in [0.2, 0.25) is 0 Å². The normalized spacial score (nSPS) is 21.0. The summed E-state index contributed by atoms with van der Waals surface area (Å²) in [6, 6.07) is 1.66. The Bertz CT molecular complexity index is 1520. The van der Waals surface area contributed by atoms with Crippen molar-refractivity contribution in [3.8, 4) is 6.07 Å². The van der Waals surface area contributed by atoms with E-state index in [1.54, 1.807) is 6.07 Å². The van der Waals surface area contributed by atoms with E-state index in [4.69, 9.17) is 28.0 Å². The molecule has 5 atom stereocenters. The van der Waals surface area contributed by atoms with Gasteiger partial charge in [0.25, 0.3) is 11.3 Å². The number of fused-ring (bicyclic) bond motifs is 1. The standard InChI is InChI=1S/C22H27N6O13P/c1-6-37-42(35,38-7-2)21(22(33)34)27-16-15(13(8-23)25-27)24-26-28(19(16)32)20-18(40-12(5)31)17(39-11(4)30)14(41-20)9-36-10(3)29/h14,17-18,20-21H,6-7,9H2,1-5H3,(H,33,34). The van der Waals surface area contributed by atoms with E-state index in [1.165, 1.54) is 13.8 Å². The van der Waals surface area contributed by atoms with E-state index in [0.717, 1.165) is 20.8 Å². The second-order valence-electron chi connectivity index (χ2n) is 8.54. The molecule has 19 nitrogen and oxygen atoms in total. The lowest BCUT2D eigenvalue weighted by molar-refractivity contribution is -0.166. The lowest BCUT2D eigenvalue weighted by Crippen LogP contribution is -2.42. The van der Waals surface area contributed by atoms with E-state index in [9.17, 15) is 38.9 Å². The third-order valence-electron chi connectivity index (χ3n) is 5.59. The molecule has 20 heteroatoms. The average molecular weight is 614 g/mol. The summed E-state index contributed by atoms with van der Waals surface area (Å²) < 4.78 is 46.2. The van der Waals surface area contributed by atoms with Crippen molar-refractivity contribution in [1.29, 1.82) is 5.26 Å². The zero-order valence-corrected chi connectivity index (χ0v) is 23.9. The van der Waals surface area contributed by atoms with E-state index >= 15 is 0 Å². The summed E-state index contributed by atoms with van der Waals surface area (Å²) in [4.78, 5) is 61.5. The smallest absolute Gasteiger partial charge is 0.366 e. The first-order chi connectivity index (χ1) is 19.8. The fraction of sp³-hybridized carbons (Fsp3) is 0.591. The number of carbonyl (C=O) groups is 4. The number of rotatable bonds is 12. The molecule has 3 heterocycles. The van der Waals surface area contributed by atoms with Crippen LogP contribution in [0.1, 0.15) is 52.3 Å². The second kappa shape index (κ2) is 13.2. The van der Waals surface area contributed by atoms with Crippen molar-refractivity contribution in [3.05, 3.63) is 16.0 Å². The number of aromatic nitrogens is 5. The number of carboxylic acids is 1. The zero-order chi connectivity index (χ0) is 31.4. The summed E-state index contributed by atoms with van der Waals surface area (Å²) in [5, 5.41) is 31.1. The monoisotopic (exact) mass is 614 g/mol. The summed E-state index contributed by atoms with van der Waals surface area (Å²) in [7, 11) is -4.57.